The third kappa shape index (κ3) is 5.37. The number of ether oxygens (including phenoxy) is 1. The van der Waals surface area contributed by atoms with Gasteiger partial charge in [0.05, 0.1) is 18.3 Å². The Kier molecular flexibility index (Phi) is 6.92. The van der Waals surface area contributed by atoms with Crippen molar-refractivity contribution in [3.63, 3.8) is 0 Å². The summed E-state index contributed by atoms with van der Waals surface area (Å²) in [6.07, 6.45) is -0.0421. The number of anilines is 1. The van der Waals surface area contributed by atoms with Gasteiger partial charge < -0.3 is 15.0 Å². The number of carbonyl (C=O) groups excluding carboxylic acids is 2. The van der Waals surface area contributed by atoms with Gasteiger partial charge in [-0.15, -0.1) is 0 Å². The second-order valence-corrected chi connectivity index (χ2v) is 9.83. The van der Waals surface area contributed by atoms with Crippen molar-refractivity contribution in [1.29, 1.82) is 0 Å². The molecule has 1 N–H and O–H groups in total. The monoisotopic (exact) mass is 474 g/mol. The first-order chi connectivity index (χ1) is 16.7. The molecule has 3 aromatic rings. The van der Waals surface area contributed by atoms with E-state index in [9.17, 15) is 9.59 Å². The number of carbonyl (C=O) groups is 2. The summed E-state index contributed by atoms with van der Waals surface area (Å²) in [5, 5.41) is 2.70. The third-order valence-electron chi connectivity index (χ3n) is 6.06. The molecule has 1 heterocycles. The molecule has 0 bridgehead atoms. The Morgan fingerprint density at radius 3 is 2.14 bits per heavy atom. The molecule has 0 saturated carbocycles. The predicted octanol–water partition coefficient (Wildman–Crippen LogP) is 5.92. The van der Waals surface area contributed by atoms with Crippen LogP contribution in [0, 0.1) is 0 Å². The van der Waals surface area contributed by atoms with E-state index in [1.54, 1.807) is 45.0 Å². The standard InChI is InChI=1S/C29H31FN2O3/c1-28(2,3)35-27(34)31-25(19-18-21-12-6-4-7-13-21)29(30)23-16-10-11-17-24(23)32(26(29)33)20-22-14-8-5-9-15-22/h4-17,25H,18-20H2,1-3H3,(H,31,34)/t25-,29-/m0/s1. The van der Waals surface area contributed by atoms with Gasteiger partial charge in [-0.3, -0.25) is 4.79 Å². The Morgan fingerprint density at radius 2 is 1.51 bits per heavy atom. The first kappa shape index (κ1) is 24.5. The molecule has 2 atom stereocenters. The number of nitrogens with zero attached hydrogens (tertiary/aromatic N) is 1. The number of amides is 2. The Labute approximate surface area is 205 Å². The van der Waals surface area contributed by atoms with Crippen LogP contribution >= 0.6 is 0 Å². The number of hydrogen-bond acceptors (Lipinski definition) is 3. The van der Waals surface area contributed by atoms with E-state index in [-0.39, 0.29) is 18.5 Å². The van der Waals surface area contributed by atoms with Crippen molar-refractivity contribution in [2.75, 3.05) is 4.90 Å². The predicted molar refractivity (Wildman–Crippen MR) is 135 cm³/mol. The molecule has 1 aliphatic heterocycles. The van der Waals surface area contributed by atoms with Gasteiger partial charge in [0.25, 0.3) is 5.91 Å². The molecule has 0 fully saturated rings. The molecule has 1 aliphatic rings. The molecule has 0 aromatic heterocycles. The topological polar surface area (TPSA) is 58.6 Å². The average molecular weight is 475 g/mol. The minimum atomic E-state index is -2.43. The van der Waals surface area contributed by atoms with Crippen LogP contribution in [-0.4, -0.2) is 23.6 Å². The van der Waals surface area contributed by atoms with E-state index in [0.717, 1.165) is 11.1 Å². The third-order valence-corrected chi connectivity index (χ3v) is 6.06. The van der Waals surface area contributed by atoms with Gasteiger partial charge in [0.2, 0.25) is 5.67 Å². The van der Waals surface area contributed by atoms with Crippen molar-refractivity contribution in [3.8, 4) is 0 Å². The smallest absolute Gasteiger partial charge is 0.408 e. The molecule has 6 heteroatoms. The highest BCUT2D eigenvalue weighted by Gasteiger charge is 2.57. The van der Waals surface area contributed by atoms with Crippen molar-refractivity contribution < 1.29 is 18.7 Å². The zero-order chi connectivity index (χ0) is 25.1. The molecule has 182 valence electrons. The normalized spacial score (nSPS) is 18.2. The van der Waals surface area contributed by atoms with E-state index in [4.69, 9.17) is 4.74 Å². The van der Waals surface area contributed by atoms with Gasteiger partial charge in [0.15, 0.2) is 0 Å². The average Bonchev–Trinajstić information content (AvgIpc) is 3.05. The van der Waals surface area contributed by atoms with E-state index in [2.05, 4.69) is 5.32 Å². The Balaban J connectivity index is 1.69. The molecular formula is C29H31FN2O3. The summed E-state index contributed by atoms with van der Waals surface area (Å²) in [6.45, 7) is 5.47. The summed E-state index contributed by atoms with van der Waals surface area (Å²) < 4.78 is 22.6. The summed E-state index contributed by atoms with van der Waals surface area (Å²) in [5.41, 5.74) is -0.534. The van der Waals surface area contributed by atoms with E-state index >= 15 is 4.39 Å². The van der Waals surface area contributed by atoms with E-state index in [0.29, 0.717) is 12.1 Å². The maximum Gasteiger partial charge on any atom is 0.408 e. The fourth-order valence-electron chi connectivity index (χ4n) is 4.47. The van der Waals surface area contributed by atoms with Crippen LogP contribution in [-0.2, 0) is 28.2 Å². The van der Waals surface area contributed by atoms with Crippen LogP contribution in [0.2, 0.25) is 0 Å². The van der Waals surface area contributed by atoms with Crippen LogP contribution in [0.15, 0.2) is 84.9 Å². The summed E-state index contributed by atoms with van der Waals surface area (Å²) in [6, 6.07) is 24.9. The summed E-state index contributed by atoms with van der Waals surface area (Å²) in [7, 11) is 0. The summed E-state index contributed by atoms with van der Waals surface area (Å²) in [4.78, 5) is 28.0. The van der Waals surface area contributed by atoms with Crippen LogP contribution in [0.3, 0.4) is 0 Å². The molecule has 2 amide bonds. The minimum Gasteiger partial charge on any atom is -0.444 e. The van der Waals surface area contributed by atoms with Crippen LogP contribution in [0.4, 0.5) is 14.9 Å². The van der Waals surface area contributed by atoms with Gasteiger partial charge >= 0.3 is 6.09 Å². The zero-order valence-electron chi connectivity index (χ0n) is 20.3. The second-order valence-electron chi connectivity index (χ2n) is 9.83. The number of nitrogens with one attached hydrogen (secondary N) is 1. The highest BCUT2D eigenvalue weighted by molar-refractivity contribution is 6.07. The lowest BCUT2D eigenvalue weighted by molar-refractivity contribution is -0.131. The molecule has 0 saturated heterocycles. The highest BCUT2D eigenvalue weighted by atomic mass is 19.1. The fraction of sp³-hybridized carbons (Fsp3) is 0.310. The first-order valence-electron chi connectivity index (χ1n) is 11.9. The summed E-state index contributed by atoms with van der Waals surface area (Å²) >= 11 is 0. The van der Waals surface area contributed by atoms with Crippen molar-refractivity contribution in [2.24, 2.45) is 0 Å². The fourth-order valence-corrected chi connectivity index (χ4v) is 4.47. The number of benzene rings is 3. The molecule has 4 rings (SSSR count). The summed E-state index contributed by atoms with van der Waals surface area (Å²) in [5.74, 6) is -0.684. The van der Waals surface area contributed by atoms with Crippen LogP contribution < -0.4 is 10.2 Å². The lowest BCUT2D eigenvalue weighted by Crippen LogP contribution is -2.54. The largest absolute Gasteiger partial charge is 0.444 e. The number of alkyl carbamates (subject to hydrolysis) is 1. The molecule has 0 radical (unpaired) electrons. The molecule has 0 spiro atoms. The van der Waals surface area contributed by atoms with E-state index in [1.165, 1.54) is 4.90 Å². The number of aryl methyl sites for hydroxylation is 1. The molecule has 5 nitrogen and oxygen atoms in total. The Morgan fingerprint density at radius 1 is 0.943 bits per heavy atom. The van der Waals surface area contributed by atoms with E-state index < -0.39 is 29.3 Å². The molecule has 0 unspecified atom stereocenters. The van der Waals surface area contributed by atoms with Gasteiger partial charge in [-0.25, -0.2) is 9.18 Å². The van der Waals surface area contributed by atoms with Crippen LogP contribution in [0.5, 0.6) is 0 Å². The lowest BCUT2D eigenvalue weighted by atomic mass is 9.85. The molecular weight excluding hydrogens is 443 g/mol. The molecule has 3 aromatic carbocycles. The van der Waals surface area contributed by atoms with Gasteiger partial charge in [0, 0.05) is 5.56 Å². The van der Waals surface area contributed by atoms with Gasteiger partial charge in [-0.05, 0) is 50.8 Å². The number of alkyl halides is 1. The second kappa shape index (κ2) is 9.90. The van der Waals surface area contributed by atoms with Gasteiger partial charge in [-0.1, -0.05) is 78.9 Å². The number of para-hydroxylation sites is 1. The number of rotatable bonds is 7. The maximum absolute atomic E-state index is 17.2. The minimum absolute atomic E-state index is 0.221. The maximum atomic E-state index is 17.2. The number of fused-ring (bicyclic) bond motifs is 1. The van der Waals surface area contributed by atoms with Gasteiger partial charge in [0.1, 0.15) is 5.60 Å². The van der Waals surface area contributed by atoms with Crippen molar-refractivity contribution in [2.45, 2.75) is 57.5 Å². The Hall–Kier alpha value is -3.67. The SMILES string of the molecule is CC(C)(C)OC(=O)N[C@@H](CCc1ccccc1)[C@]1(F)C(=O)N(Cc2ccccc2)c2ccccc21. The van der Waals surface area contributed by atoms with E-state index in [1.807, 2.05) is 60.7 Å². The number of hydrogen-bond donors (Lipinski definition) is 1. The van der Waals surface area contributed by atoms with Gasteiger partial charge in [-0.2, -0.15) is 0 Å². The number of halogens is 1. The lowest BCUT2D eigenvalue weighted by Gasteiger charge is -2.31. The van der Waals surface area contributed by atoms with Crippen molar-refractivity contribution in [1.82, 2.24) is 5.32 Å². The zero-order valence-corrected chi connectivity index (χ0v) is 20.3. The molecule has 0 aliphatic carbocycles. The van der Waals surface area contributed by atoms with Crippen molar-refractivity contribution >= 4 is 17.7 Å². The Bertz CT molecular complexity index is 1180. The quantitative estimate of drug-likeness (QED) is 0.462. The van der Waals surface area contributed by atoms with Crippen LogP contribution in [0.25, 0.3) is 0 Å². The first-order valence-corrected chi connectivity index (χ1v) is 11.9. The van der Waals surface area contributed by atoms with Crippen LogP contribution in [0.1, 0.15) is 43.9 Å². The highest BCUT2D eigenvalue weighted by Crippen LogP contribution is 2.46. The molecule has 35 heavy (non-hydrogen) atoms. The van der Waals surface area contributed by atoms with Crippen molar-refractivity contribution in [3.05, 3.63) is 102 Å².